The zero-order valence-electron chi connectivity index (χ0n) is 15.2. The molecule has 7 nitrogen and oxygen atoms in total. The molecule has 0 bridgehead atoms. The van der Waals surface area contributed by atoms with E-state index in [1.165, 1.54) is 13.2 Å². The van der Waals surface area contributed by atoms with Gasteiger partial charge in [-0.3, -0.25) is 4.79 Å². The zero-order valence-corrected chi connectivity index (χ0v) is 15.9. The number of cyclic esters (lactones) is 1. The van der Waals surface area contributed by atoms with Crippen molar-refractivity contribution < 1.29 is 23.8 Å². The Kier molecular flexibility index (Phi) is 5.65. The molecule has 0 unspecified atom stereocenters. The highest BCUT2D eigenvalue weighted by Gasteiger charge is 2.25. The predicted molar refractivity (Wildman–Crippen MR) is 104 cm³/mol. The Hall–Kier alpha value is -3.32. The number of rotatable bonds is 6. The molecule has 144 valence electrons. The van der Waals surface area contributed by atoms with E-state index >= 15 is 0 Å². The van der Waals surface area contributed by atoms with E-state index in [0.29, 0.717) is 5.56 Å². The van der Waals surface area contributed by atoms with Crippen LogP contribution in [0.2, 0.25) is 5.02 Å². The molecule has 1 aliphatic rings. The van der Waals surface area contributed by atoms with Crippen LogP contribution in [0.5, 0.6) is 11.5 Å². The van der Waals surface area contributed by atoms with Crippen molar-refractivity contribution in [3.8, 4) is 11.5 Å². The number of aryl methyl sites for hydroxylation is 1. The Morgan fingerprint density at radius 1 is 1.32 bits per heavy atom. The normalized spacial score (nSPS) is 14.6. The lowest BCUT2D eigenvalue weighted by Gasteiger charge is -2.12. The highest BCUT2D eigenvalue weighted by molar-refractivity contribution is 6.32. The number of carbonyl (C=O) groups is 2. The highest BCUT2D eigenvalue weighted by atomic mass is 35.5. The number of nitrogens with zero attached hydrogens (tertiary/aromatic N) is 1. The average Bonchev–Trinajstić information content (AvgIpc) is 3.00. The van der Waals surface area contributed by atoms with Crippen LogP contribution in [-0.2, 0) is 14.3 Å². The first kappa shape index (κ1) is 19.4. The minimum absolute atomic E-state index is 0.127. The molecule has 2 aromatic carbocycles. The molecule has 2 N–H and O–H groups in total. The fraction of sp³-hybridized carbons (Fsp3) is 0.150. The Labute approximate surface area is 166 Å². The summed E-state index contributed by atoms with van der Waals surface area (Å²) < 4.78 is 15.8. The van der Waals surface area contributed by atoms with Gasteiger partial charge < -0.3 is 19.9 Å². The maximum absolute atomic E-state index is 12.2. The smallest absolute Gasteiger partial charge is 0.363 e. The van der Waals surface area contributed by atoms with E-state index in [1.54, 1.807) is 12.1 Å². The molecule has 0 aliphatic carbocycles. The monoisotopic (exact) mass is 400 g/mol. The van der Waals surface area contributed by atoms with E-state index in [-0.39, 0.29) is 34.7 Å². The van der Waals surface area contributed by atoms with Crippen molar-refractivity contribution in [2.75, 3.05) is 13.7 Å². The van der Waals surface area contributed by atoms with E-state index in [0.717, 1.165) is 11.1 Å². The Morgan fingerprint density at radius 2 is 2.07 bits per heavy atom. The number of nitrogens with two attached hydrogens (primary N) is 1. The summed E-state index contributed by atoms with van der Waals surface area (Å²) in [5.41, 5.74) is 7.44. The largest absolute Gasteiger partial charge is 0.493 e. The maximum atomic E-state index is 12.2. The first-order valence-corrected chi connectivity index (χ1v) is 8.64. The second-order valence-corrected chi connectivity index (χ2v) is 6.35. The van der Waals surface area contributed by atoms with Crippen LogP contribution in [0, 0.1) is 6.92 Å². The molecule has 0 saturated heterocycles. The SMILES string of the molecule is COc1cc(/C=C2/N=C(c3ccccc3C)OC2=O)cc(Cl)c1OCC(N)=O. The van der Waals surface area contributed by atoms with Crippen LogP contribution in [-0.4, -0.2) is 31.5 Å². The van der Waals surface area contributed by atoms with Gasteiger partial charge in [-0.15, -0.1) is 0 Å². The van der Waals surface area contributed by atoms with Crippen LogP contribution in [0.15, 0.2) is 47.1 Å². The molecule has 0 spiro atoms. The van der Waals surface area contributed by atoms with Gasteiger partial charge in [0, 0.05) is 5.56 Å². The summed E-state index contributed by atoms with van der Waals surface area (Å²) in [7, 11) is 1.43. The fourth-order valence-corrected chi connectivity index (χ4v) is 2.88. The summed E-state index contributed by atoms with van der Waals surface area (Å²) in [4.78, 5) is 27.4. The molecule has 28 heavy (non-hydrogen) atoms. The lowest BCUT2D eigenvalue weighted by atomic mass is 10.1. The lowest BCUT2D eigenvalue weighted by molar-refractivity contribution is -0.130. The minimum Gasteiger partial charge on any atom is -0.493 e. The average molecular weight is 401 g/mol. The van der Waals surface area contributed by atoms with Gasteiger partial charge >= 0.3 is 5.97 Å². The summed E-state index contributed by atoms with van der Waals surface area (Å²) in [6.07, 6.45) is 1.53. The third-order valence-electron chi connectivity index (χ3n) is 3.91. The number of halogens is 1. The zero-order chi connectivity index (χ0) is 20.3. The molecule has 3 rings (SSSR count). The number of esters is 1. The lowest BCUT2D eigenvalue weighted by Crippen LogP contribution is -2.20. The van der Waals surface area contributed by atoms with E-state index in [9.17, 15) is 9.59 Å². The highest BCUT2D eigenvalue weighted by Crippen LogP contribution is 2.37. The van der Waals surface area contributed by atoms with Crippen molar-refractivity contribution >= 4 is 35.5 Å². The van der Waals surface area contributed by atoms with Crippen LogP contribution >= 0.6 is 11.6 Å². The third kappa shape index (κ3) is 4.15. The van der Waals surface area contributed by atoms with Crippen molar-refractivity contribution in [2.24, 2.45) is 10.7 Å². The van der Waals surface area contributed by atoms with Gasteiger partial charge in [0.15, 0.2) is 23.8 Å². The van der Waals surface area contributed by atoms with Gasteiger partial charge in [-0.2, -0.15) is 0 Å². The number of amides is 1. The number of primary amides is 1. The Balaban J connectivity index is 1.94. The number of hydrogen-bond donors (Lipinski definition) is 1. The number of carbonyl (C=O) groups excluding carboxylic acids is 2. The summed E-state index contributed by atoms with van der Waals surface area (Å²) >= 11 is 6.23. The van der Waals surface area contributed by atoms with E-state index < -0.39 is 11.9 Å². The van der Waals surface area contributed by atoms with Crippen LogP contribution in [0.3, 0.4) is 0 Å². The van der Waals surface area contributed by atoms with Crippen LogP contribution in [0.25, 0.3) is 6.08 Å². The number of hydrogen-bond acceptors (Lipinski definition) is 6. The van der Waals surface area contributed by atoms with Gasteiger partial charge in [-0.05, 0) is 42.3 Å². The quantitative estimate of drug-likeness (QED) is 0.593. The first-order chi connectivity index (χ1) is 13.4. The summed E-state index contributed by atoms with van der Waals surface area (Å²) in [6, 6.07) is 10.6. The van der Waals surface area contributed by atoms with Crippen molar-refractivity contribution in [3.63, 3.8) is 0 Å². The number of aliphatic imine (C=N–C) groups is 1. The van der Waals surface area contributed by atoms with Crippen molar-refractivity contribution in [3.05, 3.63) is 63.8 Å². The predicted octanol–water partition coefficient (Wildman–Crippen LogP) is 2.87. The van der Waals surface area contributed by atoms with E-state index in [2.05, 4.69) is 4.99 Å². The Morgan fingerprint density at radius 3 is 2.75 bits per heavy atom. The molecular formula is C20H17ClN2O5. The molecule has 0 atom stereocenters. The second kappa shape index (κ2) is 8.14. The van der Waals surface area contributed by atoms with Crippen LogP contribution < -0.4 is 15.2 Å². The molecule has 8 heteroatoms. The molecule has 0 aromatic heterocycles. The minimum atomic E-state index is -0.643. The third-order valence-corrected chi connectivity index (χ3v) is 4.19. The summed E-state index contributed by atoms with van der Waals surface area (Å²) in [5.74, 6) is -0.495. The fourth-order valence-electron chi connectivity index (χ4n) is 2.60. The van der Waals surface area contributed by atoms with Gasteiger partial charge in [0.05, 0.1) is 12.1 Å². The molecule has 0 saturated carbocycles. The first-order valence-electron chi connectivity index (χ1n) is 8.26. The summed E-state index contributed by atoms with van der Waals surface area (Å²) in [6.45, 7) is 1.57. The molecule has 0 fully saturated rings. The van der Waals surface area contributed by atoms with Gasteiger partial charge in [0.25, 0.3) is 5.91 Å². The molecule has 2 aromatic rings. The van der Waals surface area contributed by atoms with E-state index in [1.807, 2.05) is 31.2 Å². The number of methoxy groups -OCH3 is 1. The standard InChI is InChI=1S/C20H17ClN2O5/c1-11-5-3-4-6-13(11)19-23-15(20(25)28-19)8-12-7-14(21)18(16(9-12)26-2)27-10-17(22)24/h3-9H,10H2,1-2H3,(H2,22,24)/b15-8+. The van der Waals surface area contributed by atoms with Crippen molar-refractivity contribution in [1.29, 1.82) is 0 Å². The molecule has 1 heterocycles. The van der Waals surface area contributed by atoms with Crippen LogP contribution in [0.1, 0.15) is 16.7 Å². The van der Waals surface area contributed by atoms with Gasteiger partial charge in [0.1, 0.15) is 0 Å². The molecular weight excluding hydrogens is 384 g/mol. The van der Waals surface area contributed by atoms with Gasteiger partial charge in [-0.1, -0.05) is 29.8 Å². The van der Waals surface area contributed by atoms with Gasteiger partial charge in [-0.25, -0.2) is 9.79 Å². The summed E-state index contributed by atoms with van der Waals surface area (Å²) in [5, 5.41) is 0.196. The molecule has 1 amide bonds. The van der Waals surface area contributed by atoms with Crippen molar-refractivity contribution in [2.45, 2.75) is 6.92 Å². The maximum Gasteiger partial charge on any atom is 0.363 e. The number of benzene rings is 2. The molecule has 0 radical (unpaired) electrons. The second-order valence-electron chi connectivity index (χ2n) is 5.94. The van der Waals surface area contributed by atoms with Crippen molar-refractivity contribution in [1.82, 2.24) is 0 Å². The van der Waals surface area contributed by atoms with Gasteiger partial charge in [0.2, 0.25) is 5.90 Å². The number of ether oxygens (including phenoxy) is 3. The topological polar surface area (TPSA) is 100 Å². The molecule has 1 aliphatic heterocycles. The van der Waals surface area contributed by atoms with Crippen LogP contribution in [0.4, 0.5) is 0 Å². The van der Waals surface area contributed by atoms with E-state index in [4.69, 9.17) is 31.5 Å². The Bertz CT molecular complexity index is 1010.